The van der Waals surface area contributed by atoms with Gasteiger partial charge in [-0.3, -0.25) is 0 Å². The lowest BCUT2D eigenvalue weighted by Gasteiger charge is -2.08. The van der Waals surface area contributed by atoms with Gasteiger partial charge in [0.25, 0.3) is 0 Å². The van der Waals surface area contributed by atoms with Gasteiger partial charge in [0.05, 0.1) is 0 Å². The first-order chi connectivity index (χ1) is 3.66. The van der Waals surface area contributed by atoms with E-state index in [2.05, 4.69) is 27.7 Å². The molecule has 1 unspecified atom stereocenters. The summed E-state index contributed by atoms with van der Waals surface area (Å²) in [5.74, 6) is 0. The third kappa shape index (κ3) is 4.38. The average Bonchev–Trinajstić information content (AvgIpc) is 1.65. The molecule has 0 aromatic heterocycles. The number of hydrogen-bond donors (Lipinski definition) is 0. The van der Waals surface area contributed by atoms with Gasteiger partial charge in [-0.05, 0) is 0 Å². The van der Waals surface area contributed by atoms with Gasteiger partial charge in [-0.25, -0.2) is 0 Å². The zero-order chi connectivity index (χ0) is 6.57. The first-order valence-corrected chi connectivity index (χ1v) is 5.30. The zero-order valence-corrected chi connectivity index (χ0v) is 7.98. The Labute approximate surface area is 55.5 Å². The van der Waals surface area contributed by atoms with Gasteiger partial charge < -0.3 is 0 Å². The molecular formula is C7H18Si. The van der Waals surface area contributed by atoms with E-state index in [0.717, 1.165) is 11.1 Å². The molecule has 1 atom stereocenters. The van der Waals surface area contributed by atoms with Crippen molar-refractivity contribution in [2.45, 2.75) is 45.2 Å². The van der Waals surface area contributed by atoms with Crippen LogP contribution < -0.4 is 0 Å². The van der Waals surface area contributed by atoms with Gasteiger partial charge in [-0.2, -0.15) is 0 Å². The normalized spacial score (nSPS) is 16.1. The fourth-order valence-electron chi connectivity index (χ4n) is 0.971. The average molecular weight is 130 g/mol. The fraction of sp³-hybridized carbons (Fsp3) is 1.00. The van der Waals surface area contributed by atoms with E-state index < -0.39 is 0 Å². The van der Waals surface area contributed by atoms with E-state index in [4.69, 9.17) is 0 Å². The number of rotatable bonds is 3. The molecule has 0 nitrogen and oxygen atoms in total. The van der Waals surface area contributed by atoms with Crippen molar-refractivity contribution in [3.63, 3.8) is 0 Å². The molecule has 0 heterocycles. The van der Waals surface area contributed by atoms with E-state index in [0.29, 0.717) is 0 Å². The third-order valence-corrected chi connectivity index (χ3v) is 3.90. The highest BCUT2D eigenvalue weighted by Gasteiger charge is 2.01. The molecule has 0 bridgehead atoms. The van der Waals surface area contributed by atoms with Crippen molar-refractivity contribution in [1.82, 2.24) is 0 Å². The van der Waals surface area contributed by atoms with E-state index in [9.17, 15) is 0 Å². The minimum Gasteiger partial charge on any atom is -0.0657 e. The highest BCUT2D eigenvalue weighted by Crippen LogP contribution is 2.13. The Bertz CT molecular complexity index is 50.3. The van der Waals surface area contributed by atoms with Crippen LogP contribution in [0.5, 0.6) is 0 Å². The second-order valence-electron chi connectivity index (χ2n) is 3.14. The Morgan fingerprint density at radius 3 is 1.88 bits per heavy atom. The molecule has 0 radical (unpaired) electrons. The molecule has 0 fully saturated rings. The summed E-state index contributed by atoms with van der Waals surface area (Å²) < 4.78 is 0. The maximum atomic E-state index is 2.38. The highest BCUT2D eigenvalue weighted by atomic mass is 28.2. The van der Waals surface area contributed by atoms with E-state index in [-0.39, 0.29) is 9.52 Å². The van der Waals surface area contributed by atoms with Crippen LogP contribution in [0.1, 0.15) is 34.1 Å². The van der Waals surface area contributed by atoms with Crippen LogP contribution in [0.25, 0.3) is 0 Å². The second kappa shape index (κ2) is 4.13. The summed E-state index contributed by atoms with van der Waals surface area (Å²) in [5.41, 5.74) is 2.08. The van der Waals surface area contributed by atoms with Crippen LogP contribution >= 0.6 is 0 Å². The molecule has 0 aliphatic heterocycles. The van der Waals surface area contributed by atoms with Gasteiger partial charge in [0.2, 0.25) is 0 Å². The topological polar surface area (TPSA) is 0 Å². The van der Waals surface area contributed by atoms with Crippen LogP contribution in [0, 0.1) is 0 Å². The molecule has 0 aliphatic carbocycles. The Kier molecular flexibility index (Phi) is 4.24. The van der Waals surface area contributed by atoms with E-state index in [1.165, 1.54) is 6.42 Å². The van der Waals surface area contributed by atoms with Crippen LogP contribution in [0.3, 0.4) is 0 Å². The summed E-state index contributed by atoms with van der Waals surface area (Å²) in [5, 5.41) is 0. The van der Waals surface area contributed by atoms with Gasteiger partial charge in [0.15, 0.2) is 0 Å². The Balaban J connectivity index is 3.10. The summed E-state index contributed by atoms with van der Waals surface area (Å²) in [6, 6.07) is 0. The van der Waals surface area contributed by atoms with Crippen molar-refractivity contribution < 1.29 is 0 Å². The van der Waals surface area contributed by atoms with Crippen molar-refractivity contribution in [3.8, 4) is 0 Å². The van der Waals surface area contributed by atoms with Crippen LogP contribution in [0.2, 0.25) is 11.1 Å². The molecule has 8 heavy (non-hydrogen) atoms. The lowest BCUT2D eigenvalue weighted by Crippen LogP contribution is -2.01. The molecular weight excluding hydrogens is 112 g/mol. The van der Waals surface area contributed by atoms with Gasteiger partial charge in [-0.15, -0.1) is 0 Å². The molecule has 0 spiro atoms. The lowest BCUT2D eigenvalue weighted by molar-refractivity contribution is 0.845. The van der Waals surface area contributed by atoms with Crippen molar-refractivity contribution in [2.24, 2.45) is 0 Å². The minimum absolute atomic E-state index is 0.270. The largest absolute Gasteiger partial charge is 0.0657 e. The van der Waals surface area contributed by atoms with Crippen molar-refractivity contribution in [2.75, 3.05) is 0 Å². The smallest absolute Gasteiger partial charge is 0.0254 e. The van der Waals surface area contributed by atoms with Crippen molar-refractivity contribution >= 4 is 9.52 Å². The Morgan fingerprint density at radius 2 is 1.75 bits per heavy atom. The molecule has 0 aromatic carbocycles. The van der Waals surface area contributed by atoms with Crippen LogP contribution in [0.15, 0.2) is 0 Å². The maximum Gasteiger partial charge on any atom is 0.0254 e. The molecule has 0 amide bonds. The van der Waals surface area contributed by atoms with E-state index in [1.807, 2.05) is 0 Å². The zero-order valence-electron chi connectivity index (χ0n) is 6.57. The van der Waals surface area contributed by atoms with Crippen molar-refractivity contribution in [1.29, 1.82) is 0 Å². The first kappa shape index (κ1) is 8.22. The Hall–Kier alpha value is 0.217. The molecule has 1 heteroatoms. The molecule has 0 aliphatic rings. The summed E-state index contributed by atoms with van der Waals surface area (Å²) in [6.07, 6.45) is 1.39. The molecule has 0 rings (SSSR count). The van der Waals surface area contributed by atoms with E-state index in [1.54, 1.807) is 0 Å². The van der Waals surface area contributed by atoms with Gasteiger partial charge >= 0.3 is 0 Å². The maximum absolute atomic E-state index is 2.38. The van der Waals surface area contributed by atoms with E-state index >= 15 is 0 Å². The SMILES string of the molecule is CCC(C)[SiH2]C(C)C. The van der Waals surface area contributed by atoms with Crippen LogP contribution in [-0.2, 0) is 0 Å². The van der Waals surface area contributed by atoms with Crippen LogP contribution in [-0.4, -0.2) is 9.52 Å². The second-order valence-corrected chi connectivity index (χ2v) is 6.64. The fourth-order valence-corrected chi connectivity index (χ4v) is 2.91. The predicted molar refractivity (Wildman–Crippen MR) is 43.4 cm³/mol. The van der Waals surface area contributed by atoms with Gasteiger partial charge in [-0.1, -0.05) is 45.2 Å². The first-order valence-electron chi connectivity index (χ1n) is 3.66. The molecule has 0 N–H and O–H groups in total. The summed E-state index contributed by atoms with van der Waals surface area (Å²) >= 11 is 0. The molecule has 0 saturated heterocycles. The van der Waals surface area contributed by atoms with Crippen molar-refractivity contribution in [3.05, 3.63) is 0 Å². The minimum atomic E-state index is 0.270. The summed E-state index contributed by atoms with van der Waals surface area (Å²) in [6.45, 7) is 9.36. The monoisotopic (exact) mass is 130 g/mol. The lowest BCUT2D eigenvalue weighted by atomic mass is 10.4. The van der Waals surface area contributed by atoms with Gasteiger partial charge in [0.1, 0.15) is 0 Å². The predicted octanol–water partition coefficient (Wildman–Crippen LogP) is 2.20. The van der Waals surface area contributed by atoms with Crippen LogP contribution in [0.4, 0.5) is 0 Å². The Morgan fingerprint density at radius 1 is 1.25 bits per heavy atom. The summed E-state index contributed by atoms with van der Waals surface area (Å²) in [7, 11) is 0.270. The summed E-state index contributed by atoms with van der Waals surface area (Å²) in [4.78, 5) is 0. The number of hydrogen-bond acceptors (Lipinski definition) is 0. The van der Waals surface area contributed by atoms with Gasteiger partial charge in [0, 0.05) is 9.52 Å². The highest BCUT2D eigenvalue weighted by molar-refractivity contribution is 6.39. The molecule has 50 valence electrons. The standard InChI is InChI=1S/C7H18Si/c1-5-7(4)8-6(2)3/h6-7H,5,8H2,1-4H3. The third-order valence-electron chi connectivity index (χ3n) is 1.57. The molecule has 0 saturated carbocycles. The quantitative estimate of drug-likeness (QED) is 0.514. The molecule has 0 aromatic rings.